The van der Waals surface area contributed by atoms with Gasteiger partial charge in [0.2, 0.25) is 0 Å². The molecule has 0 amide bonds. The van der Waals surface area contributed by atoms with Gasteiger partial charge in [0, 0.05) is 6.20 Å². The number of aryl methyl sites for hydroxylation is 2. The van der Waals surface area contributed by atoms with Crippen molar-refractivity contribution in [3.05, 3.63) is 17.6 Å². The highest BCUT2D eigenvalue weighted by molar-refractivity contribution is 5.78. The van der Waals surface area contributed by atoms with Crippen LogP contribution in [-0.2, 0) is 9.53 Å². The Balaban J connectivity index is 2.80. The number of rotatable bonds is 3. The van der Waals surface area contributed by atoms with Gasteiger partial charge in [0.25, 0.3) is 0 Å². The van der Waals surface area contributed by atoms with Gasteiger partial charge in [-0.05, 0) is 20.8 Å². The van der Waals surface area contributed by atoms with Crippen molar-refractivity contribution in [1.29, 1.82) is 0 Å². The number of ether oxygens (including phenoxy) is 1. The first kappa shape index (κ1) is 11.4. The third-order valence-corrected chi connectivity index (χ3v) is 1.98. The highest BCUT2D eigenvalue weighted by Crippen LogP contribution is 2.10. The second-order valence-corrected chi connectivity index (χ2v) is 3.33. The van der Waals surface area contributed by atoms with Crippen LogP contribution in [0.1, 0.15) is 18.3 Å². The largest absolute Gasteiger partial charge is 0.467 e. The fourth-order valence-corrected chi connectivity index (χ4v) is 1.12. The SMILES string of the molecule is COC(=O)C(C)Nc1nc(C)cnc1C. The van der Waals surface area contributed by atoms with Crippen molar-refractivity contribution in [1.82, 2.24) is 9.97 Å². The maximum Gasteiger partial charge on any atom is 0.328 e. The Morgan fingerprint density at radius 2 is 2.20 bits per heavy atom. The van der Waals surface area contributed by atoms with E-state index in [1.54, 1.807) is 13.1 Å². The van der Waals surface area contributed by atoms with Crippen molar-refractivity contribution in [2.24, 2.45) is 0 Å². The topological polar surface area (TPSA) is 64.1 Å². The molecule has 1 unspecified atom stereocenters. The number of nitrogens with zero attached hydrogens (tertiary/aromatic N) is 2. The van der Waals surface area contributed by atoms with Crippen LogP contribution < -0.4 is 5.32 Å². The lowest BCUT2D eigenvalue weighted by Crippen LogP contribution is -2.28. The zero-order chi connectivity index (χ0) is 11.4. The van der Waals surface area contributed by atoms with Crippen LogP contribution in [0.4, 0.5) is 5.82 Å². The van der Waals surface area contributed by atoms with Crippen LogP contribution in [0.3, 0.4) is 0 Å². The molecular formula is C10H15N3O2. The number of anilines is 1. The van der Waals surface area contributed by atoms with E-state index in [0.29, 0.717) is 5.82 Å². The Labute approximate surface area is 88.9 Å². The van der Waals surface area contributed by atoms with E-state index in [1.807, 2.05) is 13.8 Å². The lowest BCUT2D eigenvalue weighted by Gasteiger charge is -2.13. The molecule has 1 aromatic heterocycles. The number of aromatic nitrogens is 2. The first-order chi connectivity index (χ1) is 7.04. The van der Waals surface area contributed by atoms with E-state index in [-0.39, 0.29) is 5.97 Å². The summed E-state index contributed by atoms with van der Waals surface area (Å²) in [5.74, 6) is 0.297. The van der Waals surface area contributed by atoms with Crippen LogP contribution in [0, 0.1) is 13.8 Å². The minimum atomic E-state index is -0.426. The summed E-state index contributed by atoms with van der Waals surface area (Å²) >= 11 is 0. The zero-order valence-electron chi connectivity index (χ0n) is 9.37. The molecule has 0 fully saturated rings. The van der Waals surface area contributed by atoms with Crippen molar-refractivity contribution in [2.45, 2.75) is 26.8 Å². The number of hydrogen-bond donors (Lipinski definition) is 1. The van der Waals surface area contributed by atoms with Crippen LogP contribution in [0.25, 0.3) is 0 Å². The number of carbonyl (C=O) groups excluding carboxylic acids is 1. The summed E-state index contributed by atoms with van der Waals surface area (Å²) in [5, 5.41) is 2.95. The molecule has 0 aromatic carbocycles. The highest BCUT2D eigenvalue weighted by Gasteiger charge is 2.14. The molecule has 0 radical (unpaired) electrons. The Morgan fingerprint density at radius 3 is 2.80 bits per heavy atom. The Bertz CT molecular complexity index is 366. The fraction of sp³-hybridized carbons (Fsp3) is 0.500. The van der Waals surface area contributed by atoms with E-state index in [1.165, 1.54) is 7.11 Å². The normalized spacial score (nSPS) is 12.0. The monoisotopic (exact) mass is 209 g/mol. The fourth-order valence-electron chi connectivity index (χ4n) is 1.12. The third kappa shape index (κ3) is 2.90. The van der Waals surface area contributed by atoms with Crippen LogP contribution >= 0.6 is 0 Å². The van der Waals surface area contributed by atoms with Crippen molar-refractivity contribution in [3.8, 4) is 0 Å². The standard InChI is InChI=1S/C10H15N3O2/c1-6-5-11-7(2)9(12-6)13-8(3)10(14)15-4/h5,8H,1-4H3,(H,12,13). The summed E-state index contributed by atoms with van der Waals surface area (Å²) in [7, 11) is 1.36. The van der Waals surface area contributed by atoms with Gasteiger partial charge in [-0.1, -0.05) is 0 Å². The molecule has 0 bridgehead atoms. The average Bonchev–Trinajstić information content (AvgIpc) is 2.22. The molecule has 0 saturated carbocycles. The predicted octanol–water partition coefficient (Wildman–Crippen LogP) is 1.07. The smallest absolute Gasteiger partial charge is 0.328 e. The van der Waals surface area contributed by atoms with Crippen LogP contribution in [0.5, 0.6) is 0 Å². The van der Waals surface area contributed by atoms with Crippen molar-refractivity contribution >= 4 is 11.8 Å². The molecule has 0 aliphatic carbocycles. The summed E-state index contributed by atoms with van der Waals surface area (Å²) in [6.45, 7) is 5.40. The summed E-state index contributed by atoms with van der Waals surface area (Å²) in [5.41, 5.74) is 1.57. The molecule has 0 spiro atoms. The third-order valence-electron chi connectivity index (χ3n) is 1.98. The molecule has 0 aliphatic rings. The maximum absolute atomic E-state index is 11.2. The summed E-state index contributed by atoms with van der Waals surface area (Å²) < 4.78 is 4.60. The van der Waals surface area contributed by atoms with Gasteiger partial charge >= 0.3 is 5.97 Å². The Kier molecular flexibility index (Phi) is 3.60. The number of nitrogens with one attached hydrogen (secondary N) is 1. The molecular weight excluding hydrogens is 194 g/mol. The molecule has 5 heteroatoms. The van der Waals surface area contributed by atoms with E-state index >= 15 is 0 Å². The predicted molar refractivity (Wildman–Crippen MR) is 56.6 cm³/mol. The van der Waals surface area contributed by atoms with Gasteiger partial charge in [0.1, 0.15) is 11.9 Å². The van der Waals surface area contributed by atoms with Gasteiger partial charge in [-0.2, -0.15) is 0 Å². The maximum atomic E-state index is 11.2. The lowest BCUT2D eigenvalue weighted by atomic mass is 10.3. The second-order valence-electron chi connectivity index (χ2n) is 3.33. The number of carbonyl (C=O) groups is 1. The molecule has 1 N–H and O–H groups in total. The van der Waals surface area contributed by atoms with Crippen molar-refractivity contribution in [3.63, 3.8) is 0 Å². The molecule has 1 atom stereocenters. The van der Waals surface area contributed by atoms with E-state index < -0.39 is 6.04 Å². The molecule has 0 saturated heterocycles. The Morgan fingerprint density at radius 1 is 1.53 bits per heavy atom. The zero-order valence-corrected chi connectivity index (χ0v) is 9.37. The van der Waals surface area contributed by atoms with Gasteiger partial charge in [0.15, 0.2) is 0 Å². The van der Waals surface area contributed by atoms with Crippen LogP contribution in [0.15, 0.2) is 6.20 Å². The first-order valence-electron chi connectivity index (χ1n) is 4.69. The minimum absolute atomic E-state index is 0.322. The van der Waals surface area contributed by atoms with Crippen molar-refractivity contribution < 1.29 is 9.53 Å². The number of methoxy groups -OCH3 is 1. The van der Waals surface area contributed by atoms with E-state index in [0.717, 1.165) is 11.4 Å². The van der Waals surface area contributed by atoms with E-state index in [9.17, 15) is 4.79 Å². The highest BCUT2D eigenvalue weighted by atomic mass is 16.5. The quantitative estimate of drug-likeness (QED) is 0.754. The molecule has 0 aliphatic heterocycles. The lowest BCUT2D eigenvalue weighted by molar-refractivity contribution is -0.141. The molecule has 1 rings (SSSR count). The van der Waals surface area contributed by atoms with Gasteiger partial charge in [0.05, 0.1) is 18.5 Å². The van der Waals surface area contributed by atoms with Gasteiger partial charge in [-0.15, -0.1) is 0 Å². The molecule has 82 valence electrons. The van der Waals surface area contributed by atoms with Crippen LogP contribution in [0.2, 0.25) is 0 Å². The first-order valence-corrected chi connectivity index (χ1v) is 4.69. The Hall–Kier alpha value is -1.65. The summed E-state index contributed by atoms with van der Waals surface area (Å²) in [6, 6.07) is -0.426. The van der Waals surface area contributed by atoms with Crippen LogP contribution in [-0.4, -0.2) is 29.1 Å². The van der Waals surface area contributed by atoms with E-state index in [4.69, 9.17) is 0 Å². The molecule has 1 heterocycles. The molecule has 15 heavy (non-hydrogen) atoms. The van der Waals surface area contributed by atoms with Crippen molar-refractivity contribution in [2.75, 3.05) is 12.4 Å². The summed E-state index contributed by atoms with van der Waals surface area (Å²) in [4.78, 5) is 19.6. The minimum Gasteiger partial charge on any atom is -0.467 e. The second kappa shape index (κ2) is 4.72. The summed E-state index contributed by atoms with van der Waals surface area (Å²) in [6.07, 6.45) is 1.68. The van der Waals surface area contributed by atoms with Gasteiger partial charge < -0.3 is 10.1 Å². The molecule has 5 nitrogen and oxygen atoms in total. The van der Waals surface area contributed by atoms with Gasteiger partial charge in [-0.3, -0.25) is 4.98 Å². The molecule has 1 aromatic rings. The number of hydrogen-bond acceptors (Lipinski definition) is 5. The number of esters is 1. The van der Waals surface area contributed by atoms with E-state index in [2.05, 4.69) is 20.0 Å². The van der Waals surface area contributed by atoms with Gasteiger partial charge in [-0.25, -0.2) is 9.78 Å². The average molecular weight is 209 g/mol.